The molecule has 0 aliphatic carbocycles. The van der Waals surface area contributed by atoms with Gasteiger partial charge < -0.3 is 10.5 Å². The summed E-state index contributed by atoms with van der Waals surface area (Å²) in [5, 5.41) is 0. The van der Waals surface area contributed by atoms with Gasteiger partial charge in [-0.1, -0.05) is 24.3 Å². The van der Waals surface area contributed by atoms with E-state index in [1.165, 1.54) is 0 Å². The molecule has 3 N–H and O–H groups in total. The van der Waals surface area contributed by atoms with Crippen molar-refractivity contribution in [3.8, 4) is 0 Å². The standard InChI is InChI=1S/C14H22N2O3S/c1-14(7-2-8-19-11-14)16-20(17,18)10-13-5-3-12(9-15)4-6-13/h3-6,16H,2,7-11,15H2,1H3. The highest BCUT2D eigenvalue weighted by molar-refractivity contribution is 7.88. The van der Waals surface area contributed by atoms with Crippen molar-refractivity contribution >= 4 is 10.0 Å². The number of nitrogens with two attached hydrogens (primary N) is 1. The van der Waals surface area contributed by atoms with Gasteiger partial charge in [-0.25, -0.2) is 13.1 Å². The first-order chi connectivity index (χ1) is 9.42. The van der Waals surface area contributed by atoms with E-state index in [0.29, 0.717) is 19.8 Å². The minimum absolute atomic E-state index is 0.0204. The minimum Gasteiger partial charge on any atom is -0.380 e. The van der Waals surface area contributed by atoms with Gasteiger partial charge in [-0.3, -0.25) is 0 Å². The first-order valence-corrected chi connectivity index (χ1v) is 8.45. The topological polar surface area (TPSA) is 81.4 Å². The molecule has 1 saturated heterocycles. The molecule has 1 aliphatic rings. The van der Waals surface area contributed by atoms with Crippen molar-refractivity contribution in [1.82, 2.24) is 4.72 Å². The molecule has 1 heterocycles. The highest BCUT2D eigenvalue weighted by Gasteiger charge is 2.32. The van der Waals surface area contributed by atoms with Gasteiger partial charge in [-0.05, 0) is 30.9 Å². The predicted octanol–water partition coefficient (Wildman–Crippen LogP) is 1.13. The Morgan fingerprint density at radius 3 is 2.50 bits per heavy atom. The second-order valence-electron chi connectivity index (χ2n) is 5.60. The lowest BCUT2D eigenvalue weighted by Crippen LogP contribution is -2.51. The van der Waals surface area contributed by atoms with Gasteiger partial charge in [-0.2, -0.15) is 0 Å². The summed E-state index contributed by atoms with van der Waals surface area (Å²) in [5.74, 6) is -0.0204. The Kier molecular flexibility index (Phi) is 4.80. The third-order valence-corrected chi connectivity index (χ3v) is 4.97. The number of nitrogens with one attached hydrogen (secondary N) is 1. The number of hydrogen-bond acceptors (Lipinski definition) is 4. The maximum Gasteiger partial charge on any atom is 0.216 e. The third-order valence-electron chi connectivity index (χ3n) is 3.46. The Balaban J connectivity index is 2.02. The highest BCUT2D eigenvalue weighted by atomic mass is 32.2. The summed E-state index contributed by atoms with van der Waals surface area (Å²) in [5.41, 5.74) is 6.78. The first kappa shape index (κ1) is 15.4. The van der Waals surface area contributed by atoms with Crippen LogP contribution in [0.25, 0.3) is 0 Å². The van der Waals surface area contributed by atoms with E-state index in [4.69, 9.17) is 10.5 Å². The Bertz CT molecular complexity index is 534. The summed E-state index contributed by atoms with van der Waals surface area (Å²) in [6.07, 6.45) is 1.68. The summed E-state index contributed by atoms with van der Waals surface area (Å²) in [7, 11) is -3.37. The van der Waals surface area contributed by atoms with Gasteiger partial charge in [0.1, 0.15) is 0 Å². The van der Waals surface area contributed by atoms with Crippen LogP contribution in [-0.4, -0.2) is 27.2 Å². The molecule has 6 heteroatoms. The Labute approximate surface area is 120 Å². The number of benzene rings is 1. The number of sulfonamides is 1. The van der Waals surface area contributed by atoms with Crippen LogP contribution in [0.2, 0.25) is 0 Å². The predicted molar refractivity (Wildman–Crippen MR) is 78.6 cm³/mol. The van der Waals surface area contributed by atoms with Crippen LogP contribution in [0.5, 0.6) is 0 Å². The van der Waals surface area contributed by atoms with Crippen LogP contribution in [0.4, 0.5) is 0 Å². The van der Waals surface area contributed by atoms with Crippen LogP contribution in [0.15, 0.2) is 24.3 Å². The van der Waals surface area contributed by atoms with Gasteiger partial charge >= 0.3 is 0 Å². The summed E-state index contributed by atoms with van der Waals surface area (Å²) in [4.78, 5) is 0. The number of ether oxygens (including phenoxy) is 1. The average Bonchev–Trinajstić information content (AvgIpc) is 2.38. The fourth-order valence-corrected chi connectivity index (χ4v) is 4.03. The molecule has 0 saturated carbocycles. The maximum atomic E-state index is 12.2. The van der Waals surface area contributed by atoms with Gasteiger partial charge in [0.2, 0.25) is 10.0 Å². The van der Waals surface area contributed by atoms with E-state index in [1.54, 1.807) is 12.1 Å². The van der Waals surface area contributed by atoms with E-state index >= 15 is 0 Å². The normalized spacial score (nSPS) is 23.7. The monoisotopic (exact) mass is 298 g/mol. The first-order valence-electron chi connectivity index (χ1n) is 6.80. The molecule has 1 aromatic carbocycles. The van der Waals surface area contributed by atoms with Crippen molar-refractivity contribution in [3.63, 3.8) is 0 Å². The smallest absolute Gasteiger partial charge is 0.216 e. The number of rotatable bonds is 5. The minimum atomic E-state index is -3.37. The van der Waals surface area contributed by atoms with E-state index in [-0.39, 0.29) is 5.75 Å². The zero-order valence-electron chi connectivity index (χ0n) is 11.8. The van der Waals surface area contributed by atoms with Gasteiger partial charge in [-0.15, -0.1) is 0 Å². The molecule has 1 aliphatic heterocycles. The van der Waals surface area contributed by atoms with E-state index < -0.39 is 15.6 Å². The van der Waals surface area contributed by atoms with Gasteiger partial charge in [0.15, 0.2) is 0 Å². The van der Waals surface area contributed by atoms with Crippen molar-refractivity contribution < 1.29 is 13.2 Å². The van der Waals surface area contributed by atoms with E-state index in [2.05, 4.69) is 4.72 Å². The van der Waals surface area contributed by atoms with E-state index in [0.717, 1.165) is 24.0 Å². The molecule has 1 unspecified atom stereocenters. The highest BCUT2D eigenvalue weighted by Crippen LogP contribution is 2.20. The van der Waals surface area contributed by atoms with E-state index in [1.807, 2.05) is 19.1 Å². The largest absolute Gasteiger partial charge is 0.380 e. The number of hydrogen-bond donors (Lipinski definition) is 2. The molecule has 1 atom stereocenters. The van der Waals surface area contributed by atoms with Crippen LogP contribution in [-0.2, 0) is 27.1 Å². The molecule has 0 amide bonds. The van der Waals surface area contributed by atoms with Crippen molar-refractivity contribution in [2.75, 3.05) is 13.2 Å². The molecular formula is C14H22N2O3S. The second kappa shape index (κ2) is 6.22. The van der Waals surface area contributed by atoms with E-state index in [9.17, 15) is 8.42 Å². The Hall–Kier alpha value is -0.950. The maximum absolute atomic E-state index is 12.2. The molecule has 1 fully saturated rings. The summed E-state index contributed by atoms with van der Waals surface area (Å²) < 4.78 is 32.6. The SMILES string of the molecule is CC1(NS(=O)(=O)Cc2ccc(CN)cc2)CCCOC1. The molecule has 20 heavy (non-hydrogen) atoms. The zero-order valence-corrected chi connectivity index (χ0v) is 12.6. The van der Waals surface area contributed by atoms with Crippen LogP contribution < -0.4 is 10.5 Å². The Morgan fingerprint density at radius 2 is 1.95 bits per heavy atom. The molecule has 0 spiro atoms. The van der Waals surface area contributed by atoms with Crippen molar-refractivity contribution in [3.05, 3.63) is 35.4 Å². The lowest BCUT2D eigenvalue weighted by molar-refractivity contribution is 0.0386. The molecule has 0 aromatic heterocycles. The molecule has 112 valence electrons. The summed E-state index contributed by atoms with van der Waals surface area (Å²) in [6.45, 7) is 3.48. The molecule has 1 aromatic rings. The lowest BCUT2D eigenvalue weighted by atomic mass is 9.97. The van der Waals surface area contributed by atoms with Crippen LogP contribution in [0.3, 0.4) is 0 Å². The summed E-state index contributed by atoms with van der Waals surface area (Å²) >= 11 is 0. The second-order valence-corrected chi connectivity index (χ2v) is 7.32. The fourth-order valence-electron chi connectivity index (χ4n) is 2.42. The average molecular weight is 298 g/mol. The summed E-state index contributed by atoms with van der Waals surface area (Å²) in [6, 6.07) is 7.33. The fraction of sp³-hybridized carbons (Fsp3) is 0.571. The van der Waals surface area contributed by atoms with Crippen molar-refractivity contribution in [2.45, 2.75) is 37.6 Å². The quantitative estimate of drug-likeness (QED) is 0.854. The van der Waals surface area contributed by atoms with Crippen molar-refractivity contribution in [1.29, 1.82) is 0 Å². The van der Waals surface area contributed by atoms with Gasteiger partial charge in [0.25, 0.3) is 0 Å². The molecule has 5 nitrogen and oxygen atoms in total. The van der Waals surface area contributed by atoms with Gasteiger partial charge in [0.05, 0.1) is 17.9 Å². The molecule has 0 bridgehead atoms. The molecule has 2 rings (SSSR count). The molecule has 0 radical (unpaired) electrons. The molecular weight excluding hydrogens is 276 g/mol. The lowest BCUT2D eigenvalue weighted by Gasteiger charge is -2.33. The Morgan fingerprint density at radius 1 is 1.30 bits per heavy atom. The third kappa shape index (κ3) is 4.28. The van der Waals surface area contributed by atoms with Crippen LogP contribution in [0.1, 0.15) is 30.9 Å². The van der Waals surface area contributed by atoms with Crippen LogP contribution in [0, 0.1) is 0 Å². The van der Waals surface area contributed by atoms with Crippen LogP contribution >= 0.6 is 0 Å². The zero-order chi connectivity index (χ0) is 14.6. The van der Waals surface area contributed by atoms with Gasteiger partial charge in [0, 0.05) is 13.2 Å². The van der Waals surface area contributed by atoms with Crippen molar-refractivity contribution in [2.24, 2.45) is 5.73 Å².